The minimum absolute atomic E-state index is 0.349. The number of rotatable bonds is 0. The summed E-state index contributed by atoms with van der Waals surface area (Å²) in [7, 11) is 0. The van der Waals surface area contributed by atoms with Crippen molar-refractivity contribution in [2.24, 2.45) is 22.1 Å². The van der Waals surface area contributed by atoms with Crippen molar-refractivity contribution in [2.75, 3.05) is 0 Å². The molecule has 0 aromatic heterocycles. The lowest BCUT2D eigenvalue weighted by Gasteiger charge is -2.15. The number of carbonyl (C=O) groups is 4. The zero-order valence-corrected chi connectivity index (χ0v) is 7.50. The number of ketones is 2. The topological polar surface area (TPSA) is 111 Å². The van der Waals surface area contributed by atoms with Crippen LogP contribution in [0.1, 0.15) is 0 Å². The van der Waals surface area contributed by atoms with E-state index in [-0.39, 0.29) is 11.4 Å². The average Bonchev–Trinajstić information content (AvgIpc) is 2.80. The van der Waals surface area contributed by atoms with Gasteiger partial charge in [-0.05, 0) is 0 Å². The van der Waals surface area contributed by atoms with Crippen LogP contribution in [-0.2, 0) is 28.9 Å². The summed E-state index contributed by atoms with van der Waals surface area (Å²) in [5.41, 5.74) is -0.699. The van der Waals surface area contributed by atoms with Gasteiger partial charge in [0.25, 0.3) is 0 Å². The van der Waals surface area contributed by atoms with Crippen LogP contribution >= 0.6 is 0 Å². The van der Waals surface area contributed by atoms with Crippen LogP contribution in [0.25, 0.3) is 0 Å². The first-order valence-corrected chi connectivity index (χ1v) is 4.27. The normalized spacial score (nSPS) is 31.5. The zero-order valence-electron chi connectivity index (χ0n) is 7.50. The Bertz CT molecular complexity index is 483. The van der Waals surface area contributed by atoms with Crippen LogP contribution in [0.2, 0.25) is 0 Å². The maximum Gasteiger partial charge on any atom is 0.352 e. The van der Waals surface area contributed by atoms with Crippen molar-refractivity contribution in [1.29, 1.82) is 0 Å². The van der Waals surface area contributed by atoms with Crippen molar-refractivity contribution >= 4 is 34.9 Å². The number of oxime groups is 2. The van der Waals surface area contributed by atoms with Crippen LogP contribution < -0.4 is 0 Å². The molecule has 0 spiro atoms. The van der Waals surface area contributed by atoms with Gasteiger partial charge in [-0.1, -0.05) is 10.3 Å². The van der Waals surface area contributed by atoms with Gasteiger partial charge < -0.3 is 9.68 Å². The molecule has 1 saturated carbocycles. The number of Topliss-reactive ketones (excluding diaryl/α,β-unsaturated/α-hetero) is 2. The smallest absolute Gasteiger partial charge is 0.317 e. The lowest BCUT2D eigenvalue weighted by atomic mass is 9.77. The molecule has 80 valence electrons. The summed E-state index contributed by atoms with van der Waals surface area (Å²) in [5.74, 6) is -6.19. The standard InChI is InChI=1S/C8H2N2O6/c11-5-1-3(9-15-7(1)13)6(12)2-4(5)10-16-8(2)14/h1-2H. The van der Waals surface area contributed by atoms with Crippen LogP contribution in [0.4, 0.5) is 0 Å². The number of nitrogens with zero attached hydrogens (tertiary/aromatic N) is 2. The van der Waals surface area contributed by atoms with Crippen molar-refractivity contribution in [3.05, 3.63) is 0 Å². The molecule has 2 heterocycles. The molecular weight excluding hydrogens is 220 g/mol. The number of hydrogen-bond donors (Lipinski definition) is 0. The Labute approximate surface area is 86.8 Å². The van der Waals surface area contributed by atoms with Crippen LogP contribution in [0.3, 0.4) is 0 Å². The van der Waals surface area contributed by atoms with E-state index in [1.165, 1.54) is 0 Å². The van der Waals surface area contributed by atoms with Gasteiger partial charge in [-0.3, -0.25) is 9.59 Å². The van der Waals surface area contributed by atoms with Crippen molar-refractivity contribution < 1.29 is 28.9 Å². The van der Waals surface area contributed by atoms with E-state index < -0.39 is 35.3 Å². The summed E-state index contributed by atoms with van der Waals surface area (Å²) < 4.78 is 0. The molecule has 0 N–H and O–H groups in total. The van der Waals surface area contributed by atoms with Crippen LogP contribution in [0.5, 0.6) is 0 Å². The van der Waals surface area contributed by atoms with Crippen molar-refractivity contribution in [2.45, 2.75) is 0 Å². The fraction of sp³-hybridized carbons (Fsp3) is 0.250. The van der Waals surface area contributed by atoms with E-state index >= 15 is 0 Å². The van der Waals surface area contributed by atoms with Gasteiger partial charge in [0.15, 0.2) is 11.8 Å². The van der Waals surface area contributed by atoms with E-state index in [1.807, 2.05) is 0 Å². The van der Waals surface area contributed by atoms with Gasteiger partial charge in [0, 0.05) is 0 Å². The van der Waals surface area contributed by atoms with Gasteiger partial charge in [-0.15, -0.1) is 0 Å². The number of carbonyl (C=O) groups excluding carboxylic acids is 4. The van der Waals surface area contributed by atoms with E-state index in [4.69, 9.17) is 0 Å². The molecule has 1 aliphatic carbocycles. The van der Waals surface area contributed by atoms with E-state index in [0.29, 0.717) is 0 Å². The molecule has 2 atom stereocenters. The summed E-state index contributed by atoms with van der Waals surface area (Å²) in [6, 6.07) is 0. The second-order valence-electron chi connectivity index (χ2n) is 3.37. The maximum atomic E-state index is 11.7. The first kappa shape index (κ1) is 8.89. The maximum absolute atomic E-state index is 11.7. The Morgan fingerprint density at radius 1 is 0.750 bits per heavy atom. The minimum atomic E-state index is -1.39. The monoisotopic (exact) mass is 222 g/mol. The molecule has 0 aromatic carbocycles. The fourth-order valence-electron chi connectivity index (χ4n) is 1.76. The summed E-state index contributed by atoms with van der Waals surface area (Å²) in [6.45, 7) is 0. The summed E-state index contributed by atoms with van der Waals surface area (Å²) in [4.78, 5) is 54.2. The number of hydrogen-bond acceptors (Lipinski definition) is 8. The molecule has 3 rings (SSSR count). The molecule has 2 unspecified atom stereocenters. The van der Waals surface area contributed by atoms with E-state index in [9.17, 15) is 19.2 Å². The van der Waals surface area contributed by atoms with E-state index in [1.54, 1.807) is 0 Å². The molecule has 0 bridgehead atoms. The van der Waals surface area contributed by atoms with E-state index in [2.05, 4.69) is 20.0 Å². The largest absolute Gasteiger partial charge is 0.352 e. The highest BCUT2D eigenvalue weighted by Gasteiger charge is 2.58. The lowest BCUT2D eigenvalue weighted by Crippen LogP contribution is -2.50. The molecule has 0 saturated heterocycles. The van der Waals surface area contributed by atoms with Crippen LogP contribution in [0, 0.1) is 11.8 Å². The molecule has 2 aliphatic heterocycles. The summed E-state index contributed by atoms with van der Waals surface area (Å²) in [6.07, 6.45) is 0. The molecule has 0 aromatic rings. The Kier molecular flexibility index (Phi) is 1.44. The second-order valence-corrected chi connectivity index (χ2v) is 3.37. The lowest BCUT2D eigenvalue weighted by molar-refractivity contribution is -0.147. The summed E-state index contributed by atoms with van der Waals surface area (Å²) in [5, 5.41) is 6.40. The van der Waals surface area contributed by atoms with Crippen molar-refractivity contribution in [3.63, 3.8) is 0 Å². The zero-order chi connectivity index (χ0) is 11.4. The molecule has 8 heteroatoms. The van der Waals surface area contributed by atoms with Crippen molar-refractivity contribution in [1.82, 2.24) is 0 Å². The van der Waals surface area contributed by atoms with E-state index in [0.717, 1.165) is 0 Å². The highest BCUT2D eigenvalue weighted by Crippen LogP contribution is 2.28. The highest BCUT2D eigenvalue weighted by atomic mass is 16.7. The number of fused-ring (bicyclic) bond motifs is 2. The third kappa shape index (κ3) is 0.835. The van der Waals surface area contributed by atoms with Crippen LogP contribution in [-0.4, -0.2) is 34.9 Å². The molecule has 8 nitrogen and oxygen atoms in total. The predicted molar refractivity (Wildman–Crippen MR) is 44.0 cm³/mol. The van der Waals surface area contributed by atoms with Gasteiger partial charge in [0.2, 0.25) is 11.6 Å². The summed E-state index contributed by atoms with van der Waals surface area (Å²) >= 11 is 0. The highest BCUT2D eigenvalue weighted by molar-refractivity contribution is 6.69. The first-order valence-electron chi connectivity index (χ1n) is 4.27. The third-order valence-electron chi connectivity index (χ3n) is 2.52. The molecule has 1 fully saturated rings. The quantitative estimate of drug-likeness (QED) is 0.353. The Morgan fingerprint density at radius 2 is 1.12 bits per heavy atom. The third-order valence-corrected chi connectivity index (χ3v) is 2.52. The second kappa shape index (κ2) is 2.60. The molecular formula is C8H2N2O6. The van der Waals surface area contributed by atoms with Gasteiger partial charge in [-0.2, -0.15) is 0 Å². The SMILES string of the molecule is O=C1ON=C2C(=O)C3C(=O)ON=C3C(=O)C12. The van der Waals surface area contributed by atoms with Crippen molar-refractivity contribution in [3.8, 4) is 0 Å². The Morgan fingerprint density at radius 3 is 1.50 bits per heavy atom. The molecule has 3 aliphatic rings. The van der Waals surface area contributed by atoms with Gasteiger partial charge in [-0.25, -0.2) is 9.59 Å². The minimum Gasteiger partial charge on any atom is -0.317 e. The first-order chi connectivity index (χ1) is 7.61. The predicted octanol–water partition coefficient (Wildman–Crippen LogP) is -1.80. The van der Waals surface area contributed by atoms with Crippen LogP contribution in [0.15, 0.2) is 10.3 Å². The average molecular weight is 222 g/mol. The Balaban J connectivity index is 2.15. The Hall–Kier alpha value is -2.38. The molecule has 0 amide bonds. The van der Waals surface area contributed by atoms with Gasteiger partial charge in [0.1, 0.15) is 11.4 Å². The molecule has 16 heavy (non-hydrogen) atoms. The van der Waals surface area contributed by atoms with Gasteiger partial charge >= 0.3 is 11.9 Å². The fourth-order valence-corrected chi connectivity index (χ4v) is 1.76. The van der Waals surface area contributed by atoms with Gasteiger partial charge in [0.05, 0.1) is 0 Å². The molecule has 0 radical (unpaired) electrons.